The van der Waals surface area contributed by atoms with Crippen molar-refractivity contribution >= 4 is 21.7 Å². The van der Waals surface area contributed by atoms with Gasteiger partial charge < -0.3 is 10.2 Å². The molecule has 2 amide bonds. The number of benzene rings is 1. The lowest BCUT2D eigenvalue weighted by molar-refractivity contribution is 0.215. The summed E-state index contributed by atoms with van der Waals surface area (Å²) in [5.41, 5.74) is 1.87. The van der Waals surface area contributed by atoms with E-state index in [2.05, 4.69) is 17.0 Å². The molecule has 1 aliphatic rings. The Morgan fingerprint density at radius 1 is 1.26 bits per heavy atom. The van der Waals surface area contributed by atoms with Gasteiger partial charge in [-0.1, -0.05) is 18.6 Å². The van der Waals surface area contributed by atoms with Gasteiger partial charge in [0.25, 0.3) is 0 Å². The van der Waals surface area contributed by atoms with Crippen molar-refractivity contribution in [3.8, 4) is 0 Å². The first kappa shape index (κ1) is 17.5. The van der Waals surface area contributed by atoms with Crippen LogP contribution in [0.1, 0.15) is 26.7 Å². The van der Waals surface area contributed by atoms with Gasteiger partial charge in [-0.2, -0.15) is 0 Å². The van der Waals surface area contributed by atoms with Gasteiger partial charge in [-0.3, -0.25) is 0 Å². The van der Waals surface area contributed by atoms with Gasteiger partial charge in [-0.05, 0) is 44.0 Å². The third kappa shape index (κ3) is 4.80. The summed E-state index contributed by atoms with van der Waals surface area (Å²) < 4.78 is 26.5. The molecule has 1 aliphatic heterocycles. The number of nitrogens with zero attached hydrogens (tertiary/aromatic N) is 1. The smallest absolute Gasteiger partial charge is 0.320 e. The molecule has 0 spiro atoms. The second kappa shape index (κ2) is 7.61. The molecule has 2 rings (SSSR count). The zero-order chi connectivity index (χ0) is 16.9. The van der Waals surface area contributed by atoms with E-state index >= 15 is 0 Å². The molecule has 0 radical (unpaired) electrons. The van der Waals surface area contributed by atoms with E-state index in [0.717, 1.165) is 12.8 Å². The molecule has 126 valence electrons. The summed E-state index contributed by atoms with van der Waals surface area (Å²) >= 11 is 0. The Morgan fingerprint density at radius 3 is 2.52 bits per heavy atom. The topological polar surface area (TPSA) is 78.5 Å². The number of hydrogen-bond donors (Lipinski definition) is 2. The minimum Gasteiger partial charge on any atom is -0.320 e. The maximum Gasteiger partial charge on any atom is 0.322 e. The predicted octanol–water partition coefficient (Wildman–Crippen LogP) is 2.56. The SMILES string of the molecule is CCCNS(=O)(=O)c1ccc(NC(=O)N2CC=C(C)CC2)cc1. The van der Waals surface area contributed by atoms with Crippen LogP contribution in [0.4, 0.5) is 10.5 Å². The van der Waals surface area contributed by atoms with E-state index in [1.807, 2.05) is 13.0 Å². The molecule has 0 aromatic heterocycles. The van der Waals surface area contributed by atoms with Gasteiger partial charge in [-0.15, -0.1) is 0 Å². The van der Waals surface area contributed by atoms with Crippen molar-refractivity contribution in [1.82, 2.24) is 9.62 Å². The highest BCUT2D eigenvalue weighted by Crippen LogP contribution is 2.16. The molecular formula is C16H23N3O3S. The van der Waals surface area contributed by atoms with Gasteiger partial charge in [-0.25, -0.2) is 17.9 Å². The number of hydrogen-bond acceptors (Lipinski definition) is 3. The van der Waals surface area contributed by atoms with E-state index in [0.29, 0.717) is 25.3 Å². The highest BCUT2D eigenvalue weighted by atomic mass is 32.2. The molecule has 0 fully saturated rings. The van der Waals surface area contributed by atoms with Crippen molar-refractivity contribution in [1.29, 1.82) is 0 Å². The third-order valence-electron chi connectivity index (χ3n) is 3.68. The monoisotopic (exact) mass is 337 g/mol. The Bertz CT molecular complexity index is 681. The number of carbonyl (C=O) groups is 1. The lowest BCUT2D eigenvalue weighted by atomic mass is 10.1. The van der Waals surface area contributed by atoms with Gasteiger partial charge in [0, 0.05) is 25.3 Å². The average Bonchev–Trinajstić information content (AvgIpc) is 2.54. The lowest BCUT2D eigenvalue weighted by Crippen LogP contribution is -2.37. The molecule has 6 nitrogen and oxygen atoms in total. The summed E-state index contributed by atoms with van der Waals surface area (Å²) in [4.78, 5) is 14.1. The standard InChI is InChI=1S/C16H23N3O3S/c1-3-10-17-23(21,22)15-6-4-14(5-7-15)18-16(20)19-11-8-13(2)9-12-19/h4-8,17H,3,9-12H2,1-2H3,(H,18,20). The number of urea groups is 1. The zero-order valence-corrected chi connectivity index (χ0v) is 14.3. The highest BCUT2D eigenvalue weighted by molar-refractivity contribution is 7.89. The van der Waals surface area contributed by atoms with Crippen molar-refractivity contribution in [2.45, 2.75) is 31.6 Å². The van der Waals surface area contributed by atoms with Crippen LogP contribution in [0.3, 0.4) is 0 Å². The first-order valence-corrected chi connectivity index (χ1v) is 9.22. The van der Waals surface area contributed by atoms with Crippen LogP contribution in [0.25, 0.3) is 0 Å². The molecule has 0 saturated carbocycles. The van der Waals surface area contributed by atoms with Crippen LogP contribution in [0, 0.1) is 0 Å². The number of carbonyl (C=O) groups excluding carboxylic acids is 1. The Balaban J connectivity index is 1.99. The van der Waals surface area contributed by atoms with Gasteiger partial charge >= 0.3 is 6.03 Å². The molecule has 7 heteroatoms. The number of nitrogens with one attached hydrogen (secondary N) is 2. The Morgan fingerprint density at radius 2 is 1.96 bits per heavy atom. The van der Waals surface area contributed by atoms with E-state index in [-0.39, 0.29) is 10.9 Å². The minimum atomic E-state index is -3.48. The molecule has 1 aromatic rings. The Hall–Kier alpha value is -1.86. The maximum atomic E-state index is 12.2. The van der Waals surface area contributed by atoms with Crippen molar-refractivity contribution in [3.63, 3.8) is 0 Å². The van der Waals surface area contributed by atoms with Crippen LogP contribution < -0.4 is 10.0 Å². The second-order valence-electron chi connectivity index (χ2n) is 5.60. The number of amides is 2. The van der Waals surface area contributed by atoms with Crippen LogP contribution in [0.15, 0.2) is 40.8 Å². The van der Waals surface area contributed by atoms with E-state index in [1.54, 1.807) is 17.0 Å². The summed E-state index contributed by atoms with van der Waals surface area (Å²) in [6.07, 6.45) is 3.66. The van der Waals surface area contributed by atoms with E-state index in [4.69, 9.17) is 0 Å². The van der Waals surface area contributed by atoms with Gasteiger partial charge in [0.1, 0.15) is 0 Å². The fourth-order valence-electron chi connectivity index (χ4n) is 2.19. The van der Waals surface area contributed by atoms with Gasteiger partial charge in [0.05, 0.1) is 4.90 Å². The Kier molecular flexibility index (Phi) is 5.79. The normalized spacial score (nSPS) is 15.2. The largest absolute Gasteiger partial charge is 0.322 e. The first-order chi connectivity index (χ1) is 10.9. The molecule has 23 heavy (non-hydrogen) atoms. The highest BCUT2D eigenvalue weighted by Gasteiger charge is 2.16. The summed E-state index contributed by atoms with van der Waals surface area (Å²) in [6.45, 7) is 5.66. The fourth-order valence-corrected chi connectivity index (χ4v) is 3.33. The van der Waals surface area contributed by atoms with Gasteiger partial charge in [0.15, 0.2) is 0 Å². The zero-order valence-electron chi connectivity index (χ0n) is 13.5. The van der Waals surface area contributed by atoms with Crippen molar-refractivity contribution in [3.05, 3.63) is 35.9 Å². The maximum absolute atomic E-state index is 12.2. The van der Waals surface area contributed by atoms with E-state index in [9.17, 15) is 13.2 Å². The molecule has 0 saturated heterocycles. The van der Waals surface area contributed by atoms with Crippen molar-refractivity contribution in [2.24, 2.45) is 0 Å². The number of anilines is 1. The summed E-state index contributed by atoms with van der Waals surface area (Å²) in [5, 5.41) is 2.79. The Labute approximate surface area is 137 Å². The van der Waals surface area contributed by atoms with Crippen LogP contribution >= 0.6 is 0 Å². The number of sulfonamides is 1. The minimum absolute atomic E-state index is 0.173. The molecule has 0 bridgehead atoms. The van der Waals surface area contributed by atoms with Crippen LogP contribution in [0.5, 0.6) is 0 Å². The molecule has 0 atom stereocenters. The summed E-state index contributed by atoms with van der Waals surface area (Å²) in [6, 6.07) is 6.02. The summed E-state index contributed by atoms with van der Waals surface area (Å²) in [7, 11) is -3.48. The van der Waals surface area contributed by atoms with Crippen molar-refractivity contribution < 1.29 is 13.2 Å². The quantitative estimate of drug-likeness (QED) is 0.811. The first-order valence-electron chi connectivity index (χ1n) is 7.73. The van der Waals surface area contributed by atoms with Crippen molar-refractivity contribution in [2.75, 3.05) is 25.0 Å². The molecule has 1 heterocycles. The second-order valence-corrected chi connectivity index (χ2v) is 7.37. The molecule has 2 N–H and O–H groups in total. The van der Waals surface area contributed by atoms with Crippen LogP contribution in [-0.4, -0.2) is 39.0 Å². The molecular weight excluding hydrogens is 314 g/mol. The lowest BCUT2D eigenvalue weighted by Gasteiger charge is -2.25. The average molecular weight is 337 g/mol. The molecule has 1 aromatic carbocycles. The third-order valence-corrected chi connectivity index (χ3v) is 5.16. The van der Waals surface area contributed by atoms with Crippen LogP contribution in [0.2, 0.25) is 0 Å². The van der Waals surface area contributed by atoms with Gasteiger partial charge in [0.2, 0.25) is 10.0 Å². The van der Waals surface area contributed by atoms with E-state index < -0.39 is 10.0 Å². The molecule has 0 unspecified atom stereocenters. The fraction of sp³-hybridized carbons (Fsp3) is 0.438. The van der Waals surface area contributed by atoms with Crippen LogP contribution in [-0.2, 0) is 10.0 Å². The summed E-state index contributed by atoms with van der Waals surface area (Å²) in [5.74, 6) is 0. The predicted molar refractivity (Wildman–Crippen MR) is 90.9 cm³/mol. The number of rotatable bonds is 5. The van der Waals surface area contributed by atoms with E-state index in [1.165, 1.54) is 17.7 Å². The molecule has 0 aliphatic carbocycles.